The van der Waals surface area contributed by atoms with E-state index in [1.807, 2.05) is 36.9 Å². The van der Waals surface area contributed by atoms with Gasteiger partial charge in [0.15, 0.2) is 0 Å². The summed E-state index contributed by atoms with van der Waals surface area (Å²) in [7, 11) is 0. The van der Waals surface area contributed by atoms with Gasteiger partial charge in [-0.05, 0) is 29.7 Å². The van der Waals surface area contributed by atoms with Crippen LogP contribution < -0.4 is 5.32 Å². The number of nitrogens with zero attached hydrogens (tertiary/aromatic N) is 3. The number of hydrogen-bond acceptors (Lipinski definition) is 3. The van der Waals surface area contributed by atoms with Crippen molar-refractivity contribution in [2.75, 3.05) is 0 Å². The van der Waals surface area contributed by atoms with E-state index in [0.717, 1.165) is 34.7 Å². The van der Waals surface area contributed by atoms with Crippen LogP contribution in [-0.4, -0.2) is 20.6 Å². The highest BCUT2D eigenvalue weighted by molar-refractivity contribution is 6.31. The second-order valence-corrected chi connectivity index (χ2v) is 7.64. The van der Waals surface area contributed by atoms with Crippen LogP contribution in [0.3, 0.4) is 0 Å². The molecule has 24 heavy (non-hydrogen) atoms. The first-order valence-electron chi connectivity index (χ1n) is 8.16. The van der Waals surface area contributed by atoms with Crippen molar-refractivity contribution in [3.05, 3.63) is 59.8 Å². The first-order valence-corrected chi connectivity index (χ1v) is 8.54. The van der Waals surface area contributed by atoms with Crippen LogP contribution in [0.25, 0.3) is 10.9 Å². The van der Waals surface area contributed by atoms with E-state index in [9.17, 15) is 0 Å². The molecule has 4 nitrogen and oxygen atoms in total. The van der Waals surface area contributed by atoms with E-state index in [2.05, 4.69) is 47.8 Å². The molecule has 1 aromatic carbocycles. The van der Waals surface area contributed by atoms with E-state index in [1.54, 1.807) is 0 Å². The molecule has 126 valence electrons. The van der Waals surface area contributed by atoms with Crippen LogP contribution in [0.4, 0.5) is 0 Å². The summed E-state index contributed by atoms with van der Waals surface area (Å²) in [5.41, 5.74) is 2.14. The summed E-state index contributed by atoms with van der Waals surface area (Å²) in [6.07, 6.45) is 5.67. The standard InChI is InChI=1S/C19H23ClN4/c1-19(2,3)18(12-24-9-8-21-13-24)22-11-16-6-4-14-10-15(20)5-7-17(14)23-16/h4-10,13,18,22H,11-12H2,1-3H3. The number of pyridine rings is 1. The van der Waals surface area contributed by atoms with Gasteiger partial charge in [0.05, 0.1) is 17.5 Å². The minimum absolute atomic E-state index is 0.134. The summed E-state index contributed by atoms with van der Waals surface area (Å²) in [6, 6.07) is 10.2. The lowest BCUT2D eigenvalue weighted by molar-refractivity contribution is 0.239. The Labute approximate surface area is 147 Å². The number of imidazole rings is 1. The van der Waals surface area contributed by atoms with E-state index >= 15 is 0 Å². The summed E-state index contributed by atoms with van der Waals surface area (Å²) >= 11 is 6.03. The van der Waals surface area contributed by atoms with Gasteiger partial charge >= 0.3 is 0 Å². The SMILES string of the molecule is CC(C)(C)C(Cn1ccnc1)NCc1ccc2cc(Cl)ccc2n1. The summed E-state index contributed by atoms with van der Waals surface area (Å²) < 4.78 is 2.11. The van der Waals surface area contributed by atoms with Crippen molar-refractivity contribution < 1.29 is 0 Å². The maximum atomic E-state index is 6.03. The zero-order chi connectivity index (χ0) is 17.2. The second-order valence-electron chi connectivity index (χ2n) is 7.20. The Morgan fingerprint density at radius 3 is 2.75 bits per heavy atom. The Morgan fingerprint density at radius 1 is 1.21 bits per heavy atom. The van der Waals surface area contributed by atoms with Crippen LogP contribution >= 0.6 is 11.6 Å². The van der Waals surface area contributed by atoms with Crippen LogP contribution in [0, 0.1) is 5.41 Å². The summed E-state index contributed by atoms with van der Waals surface area (Å²) in [6.45, 7) is 8.36. The number of benzene rings is 1. The van der Waals surface area contributed by atoms with Gasteiger partial charge in [-0.15, -0.1) is 0 Å². The lowest BCUT2D eigenvalue weighted by Gasteiger charge is -2.32. The van der Waals surface area contributed by atoms with Gasteiger partial charge in [0.1, 0.15) is 0 Å². The molecule has 0 aliphatic carbocycles. The van der Waals surface area contributed by atoms with Crippen LogP contribution in [-0.2, 0) is 13.1 Å². The molecule has 3 aromatic rings. The van der Waals surface area contributed by atoms with Crippen molar-refractivity contribution in [1.29, 1.82) is 0 Å². The van der Waals surface area contributed by atoms with Gasteiger partial charge in [0.2, 0.25) is 0 Å². The Bertz CT molecular complexity index is 806. The highest BCUT2D eigenvalue weighted by atomic mass is 35.5. The molecule has 0 bridgehead atoms. The van der Waals surface area contributed by atoms with Gasteiger partial charge in [-0.25, -0.2) is 4.98 Å². The quantitative estimate of drug-likeness (QED) is 0.752. The lowest BCUT2D eigenvalue weighted by Crippen LogP contribution is -2.43. The summed E-state index contributed by atoms with van der Waals surface area (Å²) in [5.74, 6) is 0. The van der Waals surface area contributed by atoms with Crippen LogP contribution in [0.1, 0.15) is 26.5 Å². The number of halogens is 1. The van der Waals surface area contributed by atoms with Crippen molar-refractivity contribution in [3.8, 4) is 0 Å². The third kappa shape index (κ3) is 4.13. The average molecular weight is 343 g/mol. The molecule has 0 radical (unpaired) electrons. The maximum absolute atomic E-state index is 6.03. The number of rotatable bonds is 5. The minimum atomic E-state index is 0.134. The smallest absolute Gasteiger partial charge is 0.0946 e. The Kier molecular flexibility index (Phi) is 4.88. The highest BCUT2D eigenvalue weighted by Gasteiger charge is 2.24. The summed E-state index contributed by atoms with van der Waals surface area (Å²) in [5, 5.41) is 5.46. The fourth-order valence-electron chi connectivity index (χ4n) is 2.72. The molecule has 1 unspecified atom stereocenters. The van der Waals surface area contributed by atoms with E-state index < -0.39 is 0 Å². The molecule has 0 spiro atoms. The van der Waals surface area contributed by atoms with Crippen molar-refractivity contribution in [2.24, 2.45) is 5.41 Å². The highest BCUT2D eigenvalue weighted by Crippen LogP contribution is 2.22. The lowest BCUT2D eigenvalue weighted by atomic mass is 9.86. The van der Waals surface area contributed by atoms with E-state index in [0.29, 0.717) is 6.04 Å². The first kappa shape index (κ1) is 16.9. The average Bonchev–Trinajstić information content (AvgIpc) is 3.03. The minimum Gasteiger partial charge on any atom is -0.336 e. The number of nitrogens with one attached hydrogen (secondary N) is 1. The number of aromatic nitrogens is 3. The molecule has 1 N–H and O–H groups in total. The normalized spacial score (nSPS) is 13.3. The van der Waals surface area contributed by atoms with Crippen LogP contribution in [0.15, 0.2) is 49.1 Å². The fourth-order valence-corrected chi connectivity index (χ4v) is 2.90. The Hall–Kier alpha value is -1.91. The van der Waals surface area contributed by atoms with E-state index in [1.165, 1.54) is 0 Å². The van der Waals surface area contributed by atoms with Crippen LogP contribution in [0.2, 0.25) is 5.02 Å². The van der Waals surface area contributed by atoms with E-state index in [-0.39, 0.29) is 5.41 Å². The zero-order valence-electron chi connectivity index (χ0n) is 14.3. The molecule has 1 atom stereocenters. The summed E-state index contributed by atoms with van der Waals surface area (Å²) in [4.78, 5) is 8.86. The molecule has 5 heteroatoms. The van der Waals surface area contributed by atoms with Gasteiger partial charge in [-0.3, -0.25) is 4.98 Å². The third-order valence-electron chi connectivity index (χ3n) is 4.24. The molecule has 0 saturated heterocycles. The van der Waals surface area contributed by atoms with E-state index in [4.69, 9.17) is 16.6 Å². The Morgan fingerprint density at radius 2 is 2.04 bits per heavy atom. The molecule has 2 aromatic heterocycles. The fraction of sp³-hybridized carbons (Fsp3) is 0.368. The molecular formula is C19H23ClN4. The van der Waals surface area contributed by atoms with Crippen LogP contribution in [0.5, 0.6) is 0 Å². The van der Waals surface area contributed by atoms with Gasteiger partial charge in [0.25, 0.3) is 0 Å². The third-order valence-corrected chi connectivity index (χ3v) is 4.47. The predicted octanol–water partition coefficient (Wildman–Crippen LogP) is 4.29. The van der Waals surface area contributed by atoms with Gasteiger partial charge in [0, 0.05) is 41.9 Å². The van der Waals surface area contributed by atoms with Crippen molar-refractivity contribution in [3.63, 3.8) is 0 Å². The molecule has 2 heterocycles. The molecule has 0 aliphatic rings. The molecule has 0 aliphatic heterocycles. The van der Waals surface area contributed by atoms with Gasteiger partial charge in [-0.2, -0.15) is 0 Å². The van der Waals surface area contributed by atoms with Crippen molar-refractivity contribution >= 4 is 22.5 Å². The molecule has 0 amide bonds. The monoisotopic (exact) mass is 342 g/mol. The number of fused-ring (bicyclic) bond motifs is 1. The predicted molar refractivity (Wildman–Crippen MR) is 99.1 cm³/mol. The molecule has 0 saturated carbocycles. The van der Waals surface area contributed by atoms with Gasteiger partial charge in [-0.1, -0.05) is 38.4 Å². The molecule has 0 fully saturated rings. The Balaban J connectivity index is 1.73. The maximum Gasteiger partial charge on any atom is 0.0946 e. The van der Waals surface area contributed by atoms with Gasteiger partial charge < -0.3 is 9.88 Å². The number of hydrogen-bond donors (Lipinski definition) is 1. The van der Waals surface area contributed by atoms with Crippen molar-refractivity contribution in [1.82, 2.24) is 19.9 Å². The topological polar surface area (TPSA) is 42.7 Å². The molecule has 3 rings (SSSR count). The van der Waals surface area contributed by atoms with Crippen molar-refractivity contribution in [2.45, 2.75) is 39.9 Å². The largest absolute Gasteiger partial charge is 0.336 e. The zero-order valence-corrected chi connectivity index (χ0v) is 15.1. The molecular weight excluding hydrogens is 320 g/mol. The first-order chi connectivity index (χ1) is 11.4. The second kappa shape index (κ2) is 6.91.